The Morgan fingerprint density at radius 2 is 1.85 bits per heavy atom. The molecule has 4 nitrogen and oxygen atoms in total. The van der Waals surface area contributed by atoms with Crippen molar-refractivity contribution < 1.29 is 14.7 Å². The zero-order valence-electron chi connectivity index (χ0n) is 11.1. The Bertz CT molecular complexity index is 480. The molecule has 5 heteroatoms. The molecule has 1 unspecified atom stereocenters. The summed E-state index contributed by atoms with van der Waals surface area (Å²) in [5.41, 5.74) is 0.821. The molecule has 108 valence electrons. The smallest absolute Gasteiger partial charge is 0.305 e. The summed E-state index contributed by atoms with van der Waals surface area (Å²) in [7, 11) is 0. The number of hydrogen-bond acceptors (Lipinski definition) is 2. The van der Waals surface area contributed by atoms with E-state index < -0.39 is 12.0 Å². The van der Waals surface area contributed by atoms with Gasteiger partial charge < -0.3 is 10.4 Å². The largest absolute Gasteiger partial charge is 0.481 e. The topological polar surface area (TPSA) is 66.4 Å². The molecule has 1 aromatic rings. The van der Waals surface area contributed by atoms with Gasteiger partial charge in [-0.05, 0) is 30.5 Å². The van der Waals surface area contributed by atoms with Gasteiger partial charge in [0.25, 0.3) is 0 Å². The molecule has 1 aromatic carbocycles. The van der Waals surface area contributed by atoms with E-state index in [0.29, 0.717) is 0 Å². The zero-order valence-corrected chi connectivity index (χ0v) is 12.7. The molecule has 1 atom stereocenters. The van der Waals surface area contributed by atoms with E-state index in [0.717, 1.165) is 35.7 Å². The van der Waals surface area contributed by atoms with Crippen LogP contribution in [0.2, 0.25) is 0 Å². The minimum absolute atomic E-state index is 0.0170. The molecule has 1 saturated carbocycles. The van der Waals surface area contributed by atoms with E-state index in [1.54, 1.807) is 0 Å². The average molecular weight is 340 g/mol. The summed E-state index contributed by atoms with van der Waals surface area (Å²) in [5, 5.41) is 11.9. The maximum Gasteiger partial charge on any atom is 0.305 e. The van der Waals surface area contributed by atoms with E-state index in [-0.39, 0.29) is 18.2 Å². The lowest BCUT2D eigenvalue weighted by molar-refractivity contribution is -0.137. The molecule has 1 fully saturated rings. The fourth-order valence-electron chi connectivity index (χ4n) is 2.60. The Morgan fingerprint density at radius 3 is 2.40 bits per heavy atom. The van der Waals surface area contributed by atoms with Gasteiger partial charge in [0.1, 0.15) is 0 Å². The summed E-state index contributed by atoms with van der Waals surface area (Å²) in [5.74, 6) is -0.886. The second-order valence-electron chi connectivity index (χ2n) is 5.19. The second kappa shape index (κ2) is 6.88. The number of aliphatic carboxylic acids is 1. The number of benzene rings is 1. The number of hydrogen-bond donors (Lipinski definition) is 2. The summed E-state index contributed by atoms with van der Waals surface area (Å²) in [6.07, 6.45) is 3.89. The minimum atomic E-state index is -0.912. The van der Waals surface area contributed by atoms with E-state index >= 15 is 0 Å². The highest BCUT2D eigenvalue weighted by Gasteiger charge is 2.26. The average Bonchev–Trinajstić information content (AvgIpc) is 2.92. The Balaban J connectivity index is 2.08. The number of carbonyl (C=O) groups excluding carboxylic acids is 1. The van der Waals surface area contributed by atoms with Crippen LogP contribution in [0, 0.1) is 5.92 Å². The SMILES string of the molecule is O=C(O)CC(NC(=O)C1CCCC1)c1ccc(Br)cc1. The molecular formula is C15H18BrNO3. The highest BCUT2D eigenvalue weighted by atomic mass is 79.9. The number of carbonyl (C=O) groups is 2. The van der Waals surface area contributed by atoms with Crippen molar-refractivity contribution in [3.05, 3.63) is 34.3 Å². The van der Waals surface area contributed by atoms with Crippen molar-refractivity contribution >= 4 is 27.8 Å². The van der Waals surface area contributed by atoms with Crippen LogP contribution in [-0.4, -0.2) is 17.0 Å². The third-order valence-corrected chi connectivity index (χ3v) is 4.22. The number of carboxylic acid groups (broad SMARTS) is 1. The van der Waals surface area contributed by atoms with Gasteiger partial charge in [0.2, 0.25) is 5.91 Å². The second-order valence-corrected chi connectivity index (χ2v) is 6.11. The number of amides is 1. The maximum atomic E-state index is 12.2. The van der Waals surface area contributed by atoms with Crippen molar-refractivity contribution in [2.45, 2.75) is 38.1 Å². The fraction of sp³-hybridized carbons (Fsp3) is 0.467. The predicted octanol–water partition coefficient (Wildman–Crippen LogP) is 3.27. The molecule has 1 aliphatic carbocycles. The molecule has 2 rings (SSSR count). The standard InChI is InChI=1S/C15H18BrNO3/c16-12-7-5-10(6-8-12)13(9-14(18)19)17-15(20)11-3-1-2-4-11/h5-8,11,13H,1-4,9H2,(H,17,20)(H,18,19). The highest BCUT2D eigenvalue weighted by Crippen LogP contribution is 2.27. The van der Waals surface area contributed by atoms with E-state index in [2.05, 4.69) is 21.2 Å². The Hall–Kier alpha value is -1.36. The van der Waals surface area contributed by atoms with Gasteiger partial charge in [0.15, 0.2) is 0 Å². The normalized spacial score (nSPS) is 16.9. The van der Waals surface area contributed by atoms with Crippen molar-refractivity contribution in [2.24, 2.45) is 5.92 Å². The van der Waals surface area contributed by atoms with E-state index in [9.17, 15) is 9.59 Å². The molecule has 0 saturated heterocycles. The third-order valence-electron chi connectivity index (χ3n) is 3.69. The first-order chi connectivity index (χ1) is 9.56. The molecule has 0 aliphatic heterocycles. The van der Waals surface area contributed by atoms with Gasteiger partial charge >= 0.3 is 5.97 Å². The third kappa shape index (κ3) is 4.07. The van der Waals surface area contributed by atoms with Crippen molar-refractivity contribution in [3.8, 4) is 0 Å². The van der Waals surface area contributed by atoms with Gasteiger partial charge in [0.05, 0.1) is 12.5 Å². The van der Waals surface area contributed by atoms with Crippen molar-refractivity contribution in [3.63, 3.8) is 0 Å². The first kappa shape index (κ1) is 15.0. The Morgan fingerprint density at radius 1 is 1.25 bits per heavy atom. The summed E-state index contributed by atoms with van der Waals surface area (Å²) in [6.45, 7) is 0. The van der Waals surface area contributed by atoms with E-state index in [1.165, 1.54) is 0 Å². The van der Waals surface area contributed by atoms with Crippen LogP contribution in [0.25, 0.3) is 0 Å². The van der Waals surface area contributed by atoms with Crippen molar-refractivity contribution in [1.82, 2.24) is 5.32 Å². The fourth-order valence-corrected chi connectivity index (χ4v) is 2.86. The van der Waals surface area contributed by atoms with Gasteiger partial charge in [-0.25, -0.2) is 0 Å². The summed E-state index contributed by atoms with van der Waals surface area (Å²) < 4.78 is 0.928. The molecule has 0 aromatic heterocycles. The van der Waals surface area contributed by atoms with Crippen LogP contribution < -0.4 is 5.32 Å². The Kier molecular flexibility index (Phi) is 5.17. The number of halogens is 1. The maximum absolute atomic E-state index is 12.2. The van der Waals surface area contributed by atoms with Gasteiger partial charge in [-0.3, -0.25) is 9.59 Å². The lowest BCUT2D eigenvalue weighted by Crippen LogP contribution is -2.34. The van der Waals surface area contributed by atoms with Crippen LogP contribution in [0.3, 0.4) is 0 Å². The zero-order chi connectivity index (χ0) is 14.5. The molecule has 0 heterocycles. The summed E-state index contributed by atoms with van der Waals surface area (Å²) in [4.78, 5) is 23.2. The lowest BCUT2D eigenvalue weighted by Gasteiger charge is -2.20. The predicted molar refractivity (Wildman–Crippen MR) is 79.2 cm³/mol. The highest BCUT2D eigenvalue weighted by molar-refractivity contribution is 9.10. The molecule has 0 radical (unpaired) electrons. The molecule has 1 amide bonds. The van der Waals surface area contributed by atoms with Gasteiger partial charge in [-0.2, -0.15) is 0 Å². The molecule has 0 bridgehead atoms. The van der Waals surface area contributed by atoms with Crippen LogP contribution in [0.1, 0.15) is 43.7 Å². The van der Waals surface area contributed by atoms with Gasteiger partial charge in [-0.15, -0.1) is 0 Å². The van der Waals surface area contributed by atoms with Crippen molar-refractivity contribution in [1.29, 1.82) is 0 Å². The van der Waals surface area contributed by atoms with Crippen LogP contribution in [0.5, 0.6) is 0 Å². The first-order valence-corrected chi connectivity index (χ1v) is 7.63. The number of carboxylic acids is 1. The van der Waals surface area contributed by atoms with Crippen LogP contribution >= 0.6 is 15.9 Å². The van der Waals surface area contributed by atoms with E-state index in [4.69, 9.17) is 5.11 Å². The quantitative estimate of drug-likeness (QED) is 0.865. The van der Waals surface area contributed by atoms with Crippen molar-refractivity contribution in [2.75, 3.05) is 0 Å². The van der Waals surface area contributed by atoms with Gasteiger partial charge in [-0.1, -0.05) is 40.9 Å². The molecule has 20 heavy (non-hydrogen) atoms. The van der Waals surface area contributed by atoms with Crippen LogP contribution in [0.15, 0.2) is 28.7 Å². The molecule has 1 aliphatic rings. The Labute approximate surface area is 126 Å². The number of rotatable bonds is 5. The first-order valence-electron chi connectivity index (χ1n) is 6.84. The van der Waals surface area contributed by atoms with Crippen LogP contribution in [-0.2, 0) is 9.59 Å². The van der Waals surface area contributed by atoms with E-state index in [1.807, 2.05) is 24.3 Å². The summed E-state index contributed by atoms with van der Waals surface area (Å²) >= 11 is 3.35. The molecular weight excluding hydrogens is 322 g/mol. The minimum Gasteiger partial charge on any atom is -0.481 e. The van der Waals surface area contributed by atoms with Gasteiger partial charge in [0, 0.05) is 10.4 Å². The summed E-state index contributed by atoms with van der Waals surface area (Å²) in [6, 6.07) is 6.92. The monoisotopic (exact) mass is 339 g/mol. The molecule has 0 spiro atoms. The molecule has 2 N–H and O–H groups in total. The number of nitrogens with one attached hydrogen (secondary N) is 1. The van der Waals surface area contributed by atoms with Crippen LogP contribution in [0.4, 0.5) is 0 Å². The lowest BCUT2D eigenvalue weighted by atomic mass is 10.0.